The summed E-state index contributed by atoms with van der Waals surface area (Å²) in [6, 6.07) is 6.63. The molecule has 1 aromatic rings. The molecule has 0 amide bonds. The van der Waals surface area contributed by atoms with Gasteiger partial charge in [-0.2, -0.15) is 0 Å². The smallest absolute Gasteiger partial charge is 0.326 e. The van der Waals surface area contributed by atoms with E-state index in [1.165, 1.54) is 24.0 Å². The van der Waals surface area contributed by atoms with Crippen molar-refractivity contribution in [3.63, 3.8) is 0 Å². The maximum Gasteiger partial charge on any atom is 0.326 e. The van der Waals surface area contributed by atoms with Gasteiger partial charge in [0.05, 0.1) is 0 Å². The van der Waals surface area contributed by atoms with Crippen LogP contribution in [0.15, 0.2) is 36.4 Å². The Balaban J connectivity index is 2.01. The van der Waals surface area contributed by atoms with Gasteiger partial charge in [0.15, 0.2) is 5.41 Å². The van der Waals surface area contributed by atoms with E-state index in [4.69, 9.17) is 0 Å². The Morgan fingerprint density at radius 1 is 1.29 bits per heavy atom. The average molecular weight is 320 g/mol. The fourth-order valence-corrected chi connectivity index (χ4v) is 3.93. The molecular formula is C22H24O2. The molecule has 1 atom stereocenters. The van der Waals surface area contributed by atoms with Gasteiger partial charge >= 0.3 is 5.97 Å². The van der Waals surface area contributed by atoms with Gasteiger partial charge in [0.1, 0.15) is 0 Å². The molecule has 24 heavy (non-hydrogen) atoms. The van der Waals surface area contributed by atoms with Gasteiger partial charge in [0.2, 0.25) is 0 Å². The lowest BCUT2D eigenvalue weighted by Crippen LogP contribution is -2.29. The molecule has 3 rings (SSSR count). The van der Waals surface area contributed by atoms with E-state index in [9.17, 15) is 9.90 Å². The highest BCUT2D eigenvalue weighted by molar-refractivity contribution is 5.86. The molecular weight excluding hydrogens is 296 g/mol. The highest BCUT2D eigenvalue weighted by Crippen LogP contribution is 2.41. The molecule has 0 heterocycles. The Morgan fingerprint density at radius 2 is 2.08 bits per heavy atom. The fourth-order valence-electron chi connectivity index (χ4n) is 3.93. The second kappa shape index (κ2) is 5.98. The summed E-state index contributed by atoms with van der Waals surface area (Å²) in [6.07, 6.45) is 9.55. The highest BCUT2D eigenvalue weighted by atomic mass is 16.4. The van der Waals surface area contributed by atoms with Gasteiger partial charge in [0, 0.05) is 6.42 Å². The second-order valence-electron chi connectivity index (χ2n) is 7.49. The van der Waals surface area contributed by atoms with Crippen LogP contribution in [0.25, 0.3) is 5.57 Å². The summed E-state index contributed by atoms with van der Waals surface area (Å²) in [7, 11) is 0. The Hall–Kier alpha value is -2.27. The van der Waals surface area contributed by atoms with Crippen molar-refractivity contribution in [3.8, 4) is 11.8 Å². The standard InChI is InChI=1S/C22H24O2/c1-4-11-22(20(23)24)13-6-8-18(15-22)17-10-9-16-7-5-12-21(2,3)19(16)14-17/h6,8-10,13-14H,5,7,12,15H2,1-3H3,(H,23,24). The van der Waals surface area contributed by atoms with Crippen LogP contribution >= 0.6 is 0 Å². The number of aliphatic carboxylic acids is 1. The minimum absolute atomic E-state index is 0.182. The molecule has 0 fully saturated rings. The van der Waals surface area contributed by atoms with Gasteiger partial charge < -0.3 is 5.11 Å². The van der Waals surface area contributed by atoms with E-state index in [2.05, 4.69) is 43.9 Å². The molecule has 0 saturated heterocycles. The van der Waals surface area contributed by atoms with Crippen molar-refractivity contribution in [1.29, 1.82) is 0 Å². The number of carbonyl (C=O) groups is 1. The molecule has 0 saturated carbocycles. The lowest BCUT2D eigenvalue weighted by molar-refractivity contribution is -0.142. The van der Waals surface area contributed by atoms with Crippen LogP contribution in [0.5, 0.6) is 0 Å². The number of carboxylic acid groups (broad SMARTS) is 1. The number of fused-ring (bicyclic) bond motifs is 1. The topological polar surface area (TPSA) is 37.3 Å². The number of aryl methyl sites for hydroxylation is 1. The molecule has 0 radical (unpaired) electrons. The summed E-state index contributed by atoms with van der Waals surface area (Å²) in [4.78, 5) is 11.8. The number of carboxylic acids is 1. The molecule has 0 spiro atoms. The summed E-state index contributed by atoms with van der Waals surface area (Å²) in [6.45, 7) is 6.29. The summed E-state index contributed by atoms with van der Waals surface area (Å²) in [5.74, 6) is 4.81. The number of rotatable bonds is 2. The minimum Gasteiger partial charge on any atom is -0.480 e. The van der Waals surface area contributed by atoms with Crippen molar-refractivity contribution in [2.24, 2.45) is 5.41 Å². The van der Waals surface area contributed by atoms with Crippen LogP contribution in [-0.2, 0) is 16.6 Å². The van der Waals surface area contributed by atoms with Crippen molar-refractivity contribution >= 4 is 11.5 Å². The lowest BCUT2D eigenvalue weighted by atomic mass is 9.71. The quantitative estimate of drug-likeness (QED) is 0.799. The van der Waals surface area contributed by atoms with Crippen LogP contribution in [0.2, 0.25) is 0 Å². The predicted octanol–water partition coefficient (Wildman–Crippen LogP) is 4.74. The van der Waals surface area contributed by atoms with Crippen LogP contribution in [0, 0.1) is 17.3 Å². The molecule has 1 unspecified atom stereocenters. The molecule has 2 aliphatic rings. The third-order valence-electron chi connectivity index (χ3n) is 5.33. The molecule has 0 aromatic heterocycles. The fraction of sp³-hybridized carbons (Fsp3) is 0.409. The van der Waals surface area contributed by atoms with E-state index in [-0.39, 0.29) is 5.41 Å². The Kier molecular flexibility index (Phi) is 4.13. The molecule has 2 heteroatoms. The Morgan fingerprint density at radius 3 is 2.79 bits per heavy atom. The lowest BCUT2D eigenvalue weighted by Gasteiger charge is -2.33. The molecule has 1 aromatic carbocycles. The van der Waals surface area contributed by atoms with Crippen molar-refractivity contribution in [1.82, 2.24) is 0 Å². The predicted molar refractivity (Wildman–Crippen MR) is 97.7 cm³/mol. The molecule has 2 aliphatic carbocycles. The zero-order valence-electron chi connectivity index (χ0n) is 14.6. The first kappa shape index (κ1) is 16.6. The second-order valence-corrected chi connectivity index (χ2v) is 7.49. The zero-order valence-corrected chi connectivity index (χ0v) is 14.6. The number of hydrogen-bond donors (Lipinski definition) is 1. The number of hydrogen-bond acceptors (Lipinski definition) is 1. The monoisotopic (exact) mass is 320 g/mol. The largest absolute Gasteiger partial charge is 0.480 e. The molecule has 0 aliphatic heterocycles. The van der Waals surface area contributed by atoms with Crippen molar-refractivity contribution in [3.05, 3.63) is 53.1 Å². The first-order valence-corrected chi connectivity index (χ1v) is 8.57. The van der Waals surface area contributed by atoms with Gasteiger partial charge in [-0.05, 0) is 53.9 Å². The highest BCUT2D eigenvalue weighted by Gasteiger charge is 2.37. The zero-order chi connectivity index (χ0) is 17.4. The first-order chi connectivity index (χ1) is 11.4. The van der Waals surface area contributed by atoms with Gasteiger partial charge in [-0.15, -0.1) is 5.92 Å². The van der Waals surface area contributed by atoms with E-state index < -0.39 is 11.4 Å². The van der Waals surface area contributed by atoms with Gasteiger partial charge in [0.25, 0.3) is 0 Å². The maximum atomic E-state index is 11.8. The average Bonchev–Trinajstić information content (AvgIpc) is 2.55. The van der Waals surface area contributed by atoms with Crippen LogP contribution < -0.4 is 0 Å². The Bertz CT molecular complexity index is 799. The van der Waals surface area contributed by atoms with Crippen molar-refractivity contribution < 1.29 is 9.90 Å². The number of allylic oxidation sites excluding steroid dienone is 3. The summed E-state index contributed by atoms with van der Waals surface area (Å²) >= 11 is 0. The minimum atomic E-state index is -1.11. The molecule has 2 nitrogen and oxygen atoms in total. The number of benzene rings is 1. The Labute approximate surface area is 144 Å². The van der Waals surface area contributed by atoms with Gasteiger partial charge in [-0.3, -0.25) is 4.79 Å². The third-order valence-corrected chi connectivity index (χ3v) is 5.33. The molecule has 124 valence electrons. The summed E-state index contributed by atoms with van der Waals surface area (Å²) in [5.41, 5.74) is 4.08. The van der Waals surface area contributed by atoms with E-state index >= 15 is 0 Å². The third kappa shape index (κ3) is 2.80. The van der Waals surface area contributed by atoms with Crippen molar-refractivity contribution in [2.45, 2.75) is 51.9 Å². The summed E-state index contributed by atoms with van der Waals surface area (Å²) < 4.78 is 0. The summed E-state index contributed by atoms with van der Waals surface area (Å²) in [5, 5.41) is 9.68. The van der Waals surface area contributed by atoms with Crippen LogP contribution in [0.4, 0.5) is 0 Å². The van der Waals surface area contributed by atoms with Gasteiger partial charge in [-0.25, -0.2) is 0 Å². The van der Waals surface area contributed by atoms with E-state index in [1.807, 2.05) is 12.2 Å². The molecule has 0 bridgehead atoms. The van der Waals surface area contributed by atoms with Crippen LogP contribution in [-0.4, -0.2) is 11.1 Å². The first-order valence-electron chi connectivity index (χ1n) is 8.57. The normalized spacial score (nSPS) is 24.4. The SMILES string of the molecule is CC#CC1(C(=O)O)C=CC=C(c2ccc3c(c2)C(C)(C)CCC3)C1. The van der Waals surface area contributed by atoms with E-state index in [0.717, 1.165) is 17.6 Å². The van der Waals surface area contributed by atoms with E-state index in [1.54, 1.807) is 13.0 Å². The van der Waals surface area contributed by atoms with Crippen LogP contribution in [0.3, 0.4) is 0 Å². The van der Waals surface area contributed by atoms with Crippen molar-refractivity contribution in [2.75, 3.05) is 0 Å². The van der Waals surface area contributed by atoms with E-state index in [0.29, 0.717) is 6.42 Å². The maximum absolute atomic E-state index is 11.8. The van der Waals surface area contributed by atoms with Crippen LogP contribution in [0.1, 0.15) is 56.7 Å². The van der Waals surface area contributed by atoms with Gasteiger partial charge in [-0.1, -0.05) is 56.2 Å². The molecule has 1 N–H and O–H groups in total.